The van der Waals surface area contributed by atoms with Crippen molar-refractivity contribution in [2.24, 2.45) is 0 Å². The van der Waals surface area contributed by atoms with Gasteiger partial charge in [-0.1, -0.05) is 20.8 Å². The van der Waals surface area contributed by atoms with Crippen molar-refractivity contribution in [3.63, 3.8) is 0 Å². The fraction of sp³-hybridized carbons (Fsp3) is 0.667. The molecule has 1 aromatic rings. The van der Waals surface area contributed by atoms with Crippen LogP contribution in [0.5, 0.6) is 0 Å². The van der Waals surface area contributed by atoms with E-state index in [4.69, 9.17) is 0 Å². The van der Waals surface area contributed by atoms with Crippen LogP contribution in [-0.2, 0) is 18.4 Å². The summed E-state index contributed by atoms with van der Waals surface area (Å²) in [7, 11) is 0. The van der Waals surface area contributed by atoms with E-state index < -0.39 is 0 Å². The molecule has 1 aromatic heterocycles. The first-order valence-electron chi connectivity index (χ1n) is 5.56. The summed E-state index contributed by atoms with van der Waals surface area (Å²) in [4.78, 5) is 9.29. The molecule has 0 saturated heterocycles. The zero-order valence-corrected chi connectivity index (χ0v) is 10.0. The Bertz CT molecular complexity index is 377. The second-order valence-electron chi connectivity index (χ2n) is 5.23. The van der Waals surface area contributed by atoms with Gasteiger partial charge in [0.1, 0.15) is 5.82 Å². The molecule has 0 radical (unpaired) electrons. The van der Waals surface area contributed by atoms with E-state index in [-0.39, 0.29) is 5.41 Å². The normalized spacial score (nSPS) is 16.3. The molecule has 0 amide bonds. The number of hydrogen-bond donors (Lipinski definition) is 1. The summed E-state index contributed by atoms with van der Waals surface area (Å²) >= 11 is 0. The van der Waals surface area contributed by atoms with Gasteiger partial charge >= 0.3 is 0 Å². The number of nitrogens with one attached hydrogen (secondary N) is 1. The first-order chi connectivity index (χ1) is 6.98. The predicted molar refractivity (Wildman–Crippen MR) is 60.9 cm³/mol. The van der Waals surface area contributed by atoms with Crippen molar-refractivity contribution in [2.45, 2.75) is 46.1 Å². The maximum Gasteiger partial charge on any atom is 0.134 e. The lowest BCUT2D eigenvalue weighted by Crippen LogP contribution is -2.28. The Balaban J connectivity index is 2.50. The smallest absolute Gasteiger partial charge is 0.134 e. The van der Waals surface area contributed by atoms with E-state index in [2.05, 4.69) is 43.0 Å². The molecule has 3 heteroatoms. The standard InChI is InChI=1S/C12H19N3/c1-8-9-5-6-13-7-10(9)15-11(14-8)12(2,3)4/h13H,5-7H2,1-4H3. The predicted octanol–water partition coefficient (Wildman–Crippen LogP) is 1.73. The topological polar surface area (TPSA) is 37.8 Å². The molecule has 3 nitrogen and oxygen atoms in total. The SMILES string of the molecule is Cc1nc(C(C)(C)C)nc2c1CCNC2. The molecular weight excluding hydrogens is 186 g/mol. The van der Waals surface area contributed by atoms with Crippen LogP contribution in [0.3, 0.4) is 0 Å². The summed E-state index contributed by atoms with van der Waals surface area (Å²) < 4.78 is 0. The summed E-state index contributed by atoms with van der Waals surface area (Å²) in [6.07, 6.45) is 1.06. The van der Waals surface area contributed by atoms with E-state index in [0.717, 1.165) is 31.0 Å². The highest BCUT2D eigenvalue weighted by Crippen LogP contribution is 2.22. The maximum atomic E-state index is 4.67. The van der Waals surface area contributed by atoms with Gasteiger partial charge in [-0.2, -0.15) is 0 Å². The number of aryl methyl sites for hydroxylation is 1. The molecule has 1 aliphatic rings. The van der Waals surface area contributed by atoms with E-state index in [0.29, 0.717) is 0 Å². The molecule has 0 bridgehead atoms. The second-order valence-corrected chi connectivity index (χ2v) is 5.23. The second kappa shape index (κ2) is 3.56. The van der Waals surface area contributed by atoms with Crippen molar-refractivity contribution >= 4 is 0 Å². The third-order valence-electron chi connectivity index (χ3n) is 2.81. The van der Waals surface area contributed by atoms with Crippen molar-refractivity contribution in [3.05, 3.63) is 22.8 Å². The van der Waals surface area contributed by atoms with Gasteiger partial charge in [-0.05, 0) is 25.5 Å². The van der Waals surface area contributed by atoms with Crippen molar-refractivity contribution in [1.82, 2.24) is 15.3 Å². The quantitative estimate of drug-likeness (QED) is 0.701. The van der Waals surface area contributed by atoms with E-state index in [9.17, 15) is 0 Å². The molecule has 2 heterocycles. The van der Waals surface area contributed by atoms with Gasteiger partial charge in [-0.3, -0.25) is 0 Å². The van der Waals surface area contributed by atoms with Crippen LogP contribution in [0.1, 0.15) is 43.5 Å². The minimum atomic E-state index is 0.0389. The van der Waals surface area contributed by atoms with Gasteiger partial charge in [0.05, 0.1) is 5.69 Å². The van der Waals surface area contributed by atoms with Crippen LogP contribution in [0.2, 0.25) is 0 Å². The molecule has 0 aliphatic carbocycles. The Kier molecular flexibility index (Phi) is 2.51. The van der Waals surface area contributed by atoms with Gasteiger partial charge in [0, 0.05) is 17.7 Å². The Morgan fingerprint density at radius 3 is 2.60 bits per heavy atom. The van der Waals surface area contributed by atoms with E-state index in [1.807, 2.05) is 0 Å². The Labute approximate surface area is 91.3 Å². The molecule has 2 rings (SSSR count). The molecule has 0 fully saturated rings. The lowest BCUT2D eigenvalue weighted by atomic mass is 9.94. The first kappa shape index (κ1) is 10.6. The molecule has 0 unspecified atom stereocenters. The average Bonchev–Trinajstić information content (AvgIpc) is 2.16. The number of aromatic nitrogens is 2. The molecule has 1 aliphatic heterocycles. The monoisotopic (exact) mass is 205 g/mol. The van der Waals surface area contributed by atoms with Crippen molar-refractivity contribution < 1.29 is 0 Å². The van der Waals surface area contributed by atoms with Crippen molar-refractivity contribution in [3.8, 4) is 0 Å². The largest absolute Gasteiger partial charge is 0.311 e. The molecule has 0 atom stereocenters. The maximum absolute atomic E-state index is 4.67. The van der Waals surface area contributed by atoms with Gasteiger partial charge in [-0.15, -0.1) is 0 Å². The van der Waals surface area contributed by atoms with Crippen LogP contribution in [0.25, 0.3) is 0 Å². The van der Waals surface area contributed by atoms with Crippen molar-refractivity contribution in [2.75, 3.05) is 6.54 Å². The van der Waals surface area contributed by atoms with E-state index in [1.54, 1.807) is 0 Å². The molecule has 15 heavy (non-hydrogen) atoms. The molecule has 1 N–H and O–H groups in total. The molecule has 0 aromatic carbocycles. The summed E-state index contributed by atoms with van der Waals surface area (Å²) in [5.41, 5.74) is 3.74. The highest BCUT2D eigenvalue weighted by molar-refractivity contribution is 5.28. The summed E-state index contributed by atoms with van der Waals surface area (Å²) in [5, 5.41) is 3.36. The third kappa shape index (κ3) is 2.02. The van der Waals surface area contributed by atoms with Gasteiger partial charge in [-0.25, -0.2) is 9.97 Å². The third-order valence-corrected chi connectivity index (χ3v) is 2.81. The van der Waals surface area contributed by atoms with E-state index in [1.165, 1.54) is 11.3 Å². The number of rotatable bonds is 0. The molecule has 82 valence electrons. The number of hydrogen-bond acceptors (Lipinski definition) is 3. The molecule has 0 saturated carbocycles. The highest BCUT2D eigenvalue weighted by Gasteiger charge is 2.21. The zero-order chi connectivity index (χ0) is 11.1. The van der Waals surface area contributed by atoms with Gasteiger partial charge in [0.25, 0.3) is 0 Å². The minimum absolute atomic E-state index is 0.0389. The van der Waals surface area contributed by atoms with Crippen LogP contribution in [0.15, 0.2) is 0 Å². The first-order valence-corrected chi connectivity index (χ1v) is 5.56. The zero-order valence-electron chi connectivity index (χ0n) is 10.0. The number of fused-ring (bicyclic) bond motifs is 1. The van der Waals surface area contributed by atoms with Crippen LogP contribution in [0, 0.1) is 6.92 Å². The highest BCUT2D eigenvalue weighted by atomic mass is 15.0. The summed E-state index contributed by atoms with van der Waals surface area (Å²) in [6, 6.07) is 0. The lowest BCUT2D eigenvalue weighted by molar-refractivity contribution is 0.524. The fourth-order valence-electron chi connectivity index (χ4n) is 1.88. The summed E-state index contributed by atoms with van der Waals surface area (Å²) in [5.74, 6) is 0.961. The Morgan fingerprint density at radius 2 is 1.93 bits per heavy atom. The molecular formula is C12H19N3. The van der Waals surface area contributed by atoms with Gasteiger partial charge < -0.3 is 5.32 Å². The van der Waals surface area contributed by atoms with Crippen molar-refractivity contribution in [1.29, 1.82) is 0 Å². The van der Waals surface area contributed by atoms with Crippen LogP contribution < -0.4 is 5.32 Å². The van der Waals surface area contributed by atoms with Crippen LogP contribution >= 0.6 is 0 Å². The van der Waals surface area contributed by atoms with Crippen LogP contribution in [-0.4, -0.2) is 16.5 Å². The van der Waals surface area contributed by atoms with Gasteiger partial charge in [0.15, 0.2) is 0 Å². The van der Waals surface area contributed by atoms with E-state index >= 15 is 0 Å². The average molecular weight is 205 g/mol. The molecule has 0 spiro atoms. The summed E-state index contributed by atoms with van der Waals surface area (Å²) in [6.45, 7) is 10.5. The Hall–Kier alpha value is -0.960. The number of nitrogens with zero attached hydrogens (tertiary/aromatic N) is 2. The lowest BCUT2D eigenvalue weighted by Gasteiger charge is -2.23. The Morgan fingerprint density at radius 1 is 1.20 bits per heavy atom. The minimum Gasteiger partial charge on any atom is -0.311 e. The van der Waals surface area contributed by atoms with Gasteiger partial charge in [0.2, 0.25) is 0 Å². The van der Waals surface area contributed by atoms with Crippen LogP contribution in [0.4, 0.5) is 0 Å². The fourth-order valence-corrected chi connectivity index (χ4v) is 1.88.